The van der Waals surface area contributed by atoms with Crippen molar-refractivity contribution in [3.8, 4) is 22.5 Å². The summed E-state index contributed by atoms with van der Waals surface area (Å²) in [5.74, 6) is -4.06. The van der Waals surface area contributed by atoms with Crippen molar-refractivity contribution in [2.75, 3.05) is 0 Å². The van der Waals surface area contributed by atoms with E-state index in [0.717, 1.165) is 18.2 Å². The quantitative estimate of drug-likeness (QED) is 0.0623. The van der Waals surface area contributed by atoms with E-state index in [4.69, 9.17) is 5.11 Å². The minimum atomic E-state index is -0.990. The van der Waals surface area contributed by atoms with Crippen LogP contribution in [0, 0.1) is 35.7 Å². The first kappa shape index (κ1) is 59.6. The molecular weight excluding hydrogens is 1310 g/mol. The van der Waals surface area contributed by atoms with Gasteiger partial charge in [0.15, 0.2) is 0 Å². The fourth-order valence-corrected chi connectivity index (χ4v) is 8.32. The number of carboxylic acid groups (broad SMARTS) is 1. The fraction of sp³-hybridized carbons (Fsp3) is 0.254. The maximum atomic E-state index is 13.2. The van der Waals surface area contributed by atoms with Gasteiger partial charge in [-0.25, -0.2) is 18.6 Å². The van der Waals surface area contributed by atoms with E-state index in [9.17, 15) is 22.4 Å². The van der Waals surface area contributed by atoms with Gasteiger partial charge in [-0.05, 0) is 147 Å². The Morgan fingerprint density at radius 3 is 1.16 bits per heavy atom. The molecule has 6 nitrogen and oxygen atoms in total. The van der Waals surface area contributed by atoms with Crippen LogP contribution in [-0.4, -0.2) is 31.0 Å². The molecule has 10 aromatic rings. The van der Waals surface area contributed by atoms with E-state index in [1.807, 2.05) is 0 Å². The van der Waals surface area contributed by atoms with Crippen LogP contribution in [0.3, 0.4) is 0 Å². The van der Waals surface area contributed by atoms with Crippen molar-refractivity contribution in [1.29, 1.82) is 0 Å². The summed E-state index contributed by atoms with van der Waals surface area (Å²) in [6.45, 7) is 28.0. The van der Waals surface area contributed by atoms with Gasteiger partial charge in [-0.3, -0.25) is 13.8 Å². The van der Waals surface area contributed by atoms with Crippen LogP contribution in [0.25, 0.3) is 65.6 Å². The molecule has 75 heavy (non-hydrogen) atoms. The first-order valence-electron chi connectivity index (χ1n) is 24.0. The number of aromatic carboxylic acids is 1. The van der Waals surface area contributed by atoms with Crippen molar-refractivity contribution in [2.24, 2.45) is 0 Å². The summed E-state index contributed by atoms with van der Waals surface area (Å²) < 4.78 is 51.4. The molecule has 0 bridgehead atoms. The van der Waals surface area contributed by atoms with Gasteiger partial charge < -0.3 is 15.1 Å². The molecule has 1 N–H and O–H groups in total. The largest absolute Gasteiger partial charge is 0.477 e. The van der Waals surface area contributed by atoms with Gasteiger partial charge in [-0.1, -0.05) is 161 Å². The van der Waals surface area contributed by atoms with Gasteiger partial charge in [-0.2, -0.15) is 0 Å². The zero-order valence-corrected chi connectivity index (χ0v) is 48.9. The number of aromatic nitrogens is 4. The molecule has 0 spiro atoms. The van der Waals surface area contributed by atoms with Crippen LogP contribution in [0.4, 0.5) is 17.6 Å². The zero-order valence-electron chi connectivity index (χ0n) is 44.1. The van der Waals surface area contributed by atoms with Gasteiger partial charge >= 0.3 is 5.97 Å². The van der Waals surface area contributed by atoms with E-state index in [-0.39, 0.29) is 78.7 Å². The summed E-state index contributed by atoms with van der Waals surface area (Å²) in [5, 5.41) is 19.5. The van der Waals surface area contributed by atoms with Gasteiger partial charge in [0, 0.05) is 70.4 Å². The molecule has 0 atom stereocenters. The summed E-state index contributed by atoms with van der Waals surface area (Å²) in [7, 11) is 0. The number of pyridine rings is 4. The Bertz CT molecular complexity index is 3240. The number of carboxylic acids is 1. The first-order chi connectivity index (χ1) is 34.2. The van der Waals surface area contributed by atoms with Gasteiger partial charge in [-0.15, -0.1) is 18.2 Å². The number of hydrogen-bond donors (Lipinski definition) is 1. The van der Waals surface area contributed by atoms with Crippen LogP contribution in [0.2, 0.25) is 0 Å². The maximum Gasteiger partial charge on any atom is 0.354 e. The SMILES string of the molecule is CC(C)(C)c1cc2cc(C(C)(C)C)cc3c4cc(C(C)(C)C)cc5cc(C(C)(C)C)cc(c(c1)c23)c54.Fc1c[c-]c(-c2ccccn2)c(F)c1.Fc1c[c-]c(-c2ccccn2)c(F)n1.O=C(O)c1ccccn1.[Ir].[Ir]. The Hall–Kier alpha value is -6.29. The Labute approximate surface area is 464 Å². The third kappa shape index (κ3) is 14.2. The molecule has 0 fully saturated rings. The Kier molecular flexibility index (Phi) is 18.8. The Balaban J connectivity index is 0.000000218. The predicted molar refractivity (Wildman–Crippen MR) is 288 cm³/mol. The minimum absolute atomic E-state index is 0. The van der Waals surface area contributed by atoms with Gasteiger partial charge in [0.2, 0.25) is 0 Å². The van der Waals surface area contributed by atoms with Crippen molar-refractivity contribution in [3.63, 3.8) is 0 Å². The van der Waals surface area contributed by atoms with Gasteiger partial charge in [0.25, 0.3) is 0 Å². The molecule has 0 aliphatic heterocycles. The smallest absolute Gasteiger partial charge is 0.354 e. The molecule has 0 aliphatic rings. The van der Waals surface area contributed by atoms with Crippen LogP contribution >= 0.6 is 0 Å². The Morgan fingerprint density at radius 1 is 0.480 bits per heavy atom. The van der Waals surface area contributed by atoms with Gasteiger partial charge in [0.1, 0.15) is 17.6 Å². The third-order valence-electron chi connectivity index (χ3n) is 12.5. The molecule has 0 unspecified atom stereocenters. The van der Waals surface area contributed by atoms with E-state index >= 15 is 0 Å². The summed E-state index contributed by atoms with van der Waals surface area (Å²) in [6, 6.07) is 42.5. The first-order valence-corrected chi connectivity index (χ1v) is 24.0. The molecule has 4 heterocycles. The number of rotatable bonds is 3. The molecular formula is C63H60F4Ir2N4O2-2. The van der Waals surface area contributed by atoms with Gasteiger partial charge in [0.05, 0.1) is 0 Å². The number of halogens is 4. The average Bonchev–Trinajstić information content (AvgIpc) is 3.32. The summed E-state index contributed by atoms with van der Waals surface area (Å²) in [6.07, 6.45) is 4.52. The number of hydrogen-bond acceptors (Lipinski definition) is 5. The standard InChI is InChI=1S/C36H44.C11H6F2N.C10H5F2N2.C6H5NO2.2Ir/c1-33(2,3)23-13-21-14-24(34(4,5)6)19-29-30-20-26(36(10,11)12)16-22-15-25(35(7,8)9)18-28(32(22)30)27(17-23)31(21)29;12-8-4-5-9(10(13)7-8)11-3-1-2-6-14-11;11-9-5-4-7(10(12)14-9)8-3-1-2-6-13-8;8-6(9)5-3-1-2-4-7-5;;/h13-20H,1-12H3;1-4,6-7H;1-3,5-6H;1-4H,(H,8,9);;/q;2*-1;;;. The molecule has 0 amide bonds. The zero-order chi connectivity index (χ0) is 53.2. The summed E-state index contributed by atoms with van der Waals surface area (Å²) in [5.41, 5.74) is 7.15. The van der Waals surface area contributed by atoms with Crippen molar-refractivity contribution in [1.82, 2.24) is 19.9 Å². The number of carbonyl (C=O) groups is 1. The monoisotopic (exact) mass is 1370 g/mol. The van der Waals surface area contributed by atoms with Crippen molar-refractivity contribution in [2.45, 2.75) is 105 Å². The molecule has 0 saturated carbocycles. The fourth-order valence-electron chi connectivity index (χ4n) is 8.32. The molecule has 392 valence electrons. The van der Waals surface area contributed by atoms with Crippen molar-refractivity contribution in [3.05, 3.63) is 204 Å². The molecule has 10 rings (SSSR count). The average molecular weight is 1370 g/mol. The van der Waals surface area contributed by atoms with Crippen LogP contribution in [-0.2, 0) is 61.9 Å². The number of benzene rings is 6. The van der Waals surface area contributed by atoms with Crippen LogP contribution in [0.1, 0.15) is 116 Å². The van der Waals surface area contributed by atoms with E-state index < -0.39 is 29.5 Å². The maximum absolute atomic E-state index is 13.2. The Morgan fingerprint density at radius 2 is 0.853 bits per heavy atom. The summed E-state index contributed by atoms with van der Waals surface area (Å²) in [4.78, 5) is 24.6. The van der Waals surface area contributed by atoms with Crippen molar-refractivity contribution >= 4 is 49.1 Å². The third-order valence-corrected chi connectivity index (χ3v) is 12.5. The van der Waals surface area contributed by atoms with Crippen molar-refractivity contribution < 1.29 is 67.7 Å². The molecule has 0 saturated heterocycles. The normalized spacial score (nSPS) is 11.6. The topological polar surface area (TPSA) is 88.9 Å². The summed E-state index contributed by atoms with van der Waals surface area (Å²) >= 11 is 0. The van der Waals surface area contributed by atoms with E-state index in [0.29, 0.717) is 11.4 Å². The molecule has 6 aromatic carbocycles. The number of nitrogens with zero attached hydrogens (tertiary/aromatic N) is 4. The van der Waals surface area contributed by atoms with E-state index in [2.05, 4.69) is 164 Å². The van der Waals surface area contributed by atoms with Crippen LogP contribution in [0.5, 0.6) is 0 Å². The van der Waals surface area contributed by atoms with E-state index in [1.54, 1.807) is 54.7 Å². The molecule has 2 radical (unpaired) electrons. The van der Waals surface area contributed by atoms with Crippen LogP contribution < -0.4 is 0 Å². The van der Waals surface area contributed by atoms with E-state index in [1.165, 1.54) is 83.8 Å². The predicted octanol–water partition coefficient (Wildman–Crippen LogP) is 16.8. The second-order valence-electron chi connectivity index (χ2n) is 22.2. The van der Waals surface area contributed by atoms with Crippen LogP contribution in [0.15, 0.2) is 140 Å². The molecule has 0 aliphatic carbocycles. The second-order valence-corrected chi connectivity index (χ2v) is 22.2. The number of fused-ring (bicyclic) bond motifs is 2. The molecule has 4 aromatic heterocycles. The minimum Gasteiger partial charge on any atom is -0.477 e. The molecule has 12 heteroatoms. The second kappa shape index (κ2) is 23.7.